The Morgan fingerprint density at radius 1 is 1.57 bits per heavy atom. The lowest BCUT2D eigenvalue weighted by atomic mass is 9.79. The topological polar surface area (TPSA) is 38.3 Å². The maximum absolute atomic E-state index is 12.5. The number of nitrogens with one attached hydrogen (secondary N) is 1. The molecule has 1 aliphatic rings. The van der Waals surface area contributed by atoms with Gasteiger partial charge in [-0.25, -0.2) is 0 Å². The lowest BCUT2D eigenvalue weighted by Gasteiger charge is -2.28. The van der Waals surface area contributed by atoms with E-state index in [1.165, 1.54) is 6.92 Å². The van der Waals surface area contributed by atoms with Crippen molar-refractivity contribution < 1.29 is 22.7 Å². The van der Waals surface area contributed by atoms with Gasteiger partial charge in [0.05, 0.1) is 18.4 Å². The molecule has 1 rings (SSSR count). The molecule has 82 valence electrons. The van der Waals surface area contributed by atoms with Crippen molar-refractivity contribution in [2.45, 2.75) is 13.1 Å². The average Bonchev–Trinajstić information content (AvgIpc) is 2.46. The zero-order valence-electron chi connectivity index (χ0n) is 7.94. The van der Waals surface area contributed by atoms with Crippen molar-refractivity contribution in [3.8, 4) is 0 Å². The van der Waals surface area contributed by atoms with Crippen molar-refractivity contribution in [1.29, 1.82) is 0 Å². The van der Waals surface area contributed by atoms with Crippen LogP contribution in [0.4, 0.5) is 13.2 Å². The molecule has 1 aliphatic heterocycles. The van der Waals surface area contributed by atoms with E-state index in [2.05, 4.69) is 10.1 Å². The molecule has 0 aliphatic carbocycles. The minimum absolute atomic E-state index is 0.00382. The molecule has 1 fully saturated rings. The number of carbonyl (C=O) groups excluding carboxylic acids is 1. The zero-order valence-corrected chi connectivity index (χ0v) is 7.94. The zero-order chi connectivity index (χ0) is 11.0. The van der Waals surface area contributed by atoms with E-state index >= 15 is 0 Å². The van der Waals surface area contributed by atoms with Crippen LogP contribution in [0.5, 0.6) is 0 Å². The predicted octanol–water partition coefficient (Wildman–Crippen LogP) is 0.947. The lowest BCUT2D eigenvalue weighted by Crippen LogP contribution is -2.43. The highest BCUT2D eigenvalue weighted by atomic mass is 19.4. The van der Waals surface area contributed by atoms with Crippen molar-refractivity contribution in [1.82, 2.24) is 5.32 Å². The predicted molar refractivity (Wildman–Crippen MR) is 42.5 cm³/mol. The van der Waals surface area contributed by atoms with E-state index in [0.717, 1.165) is 7.11 Å². The second-order valence-electron chi connectivity index (χ2n) is 3.63. The van der Waals surface area contributed by atoms with Gasteiger partial charge in [-0.15, -0.1) is 0 Å². The van der Waals surface area contributed by atoms with Crippen LogP contribution < -0.4 is 5.32 Å². The molecule has 0 bridgehead atoms. The third-order valence-electron chi connectivity index (χ3n) is 2.66. The van der Waals surface area contributed by atoms with E-state index in [-0.39, 0.29) is 13.1 Å². The summed E-state index contributed by atoms with van der Waals surface area (Å²) < 4.78 is 41.9. The van der Waals surface area contributed by atoms with Gasteiger partial charge in [0.15, 0.2) is 0 Å². The molecule has 0 aromatic rings. The van der Waals surface area contributed by atoms with Gasteiger partial charge in [-0.1, -0.05) is 0 Å². The molecule has 0 amide bonds. The first-order chi connectivity index (χ1) is 6.32. The van der Waals surface area contributed by atoms with Crippen molar-refractivity contribution in [2.24, 2.45) is 11.3 Å². The molecule has 1 heterocycles. The Morgan fingerprint density at radius 3 is 2.57 bits per heavy atom. The summed E-state index contributed by atoms with van der Waals surface area (Å²) in [6.45, 7) is 1.05. The average molecular weight is 211 g/mol. The first-order valence-electron chi connectivity index (χ1n) is 4.18. The molecule has 6 heteroatoms. The Balaban J connectivity index is 2.92. The van der Waals surface area contributed by atoms with Crippen LogP contribution in [-0.2, 0) is 9.53 Å². The Kier molecular flexibility index (Phi) is 2.76. The van der Waals surface area contributed by atoms with Crippen LogP contribution in [0.25, 0.3) is 0 Å². The van der Waals surface area contributed by atoms with Gasteiger partial charge in [0, 0.05) is 13.1 Å². The number of rotatable bonds is 1. The van der Waals surface area contributed by atoms with E-state index in [1.54, 1.807) is 0 Å². The first kappa shape index (κ1) is 11.3. The van der Waals surface area contributed by atoms with Crippen molar-refractivity contribution in [3.63, 3.8) is 0 Å². The fraction of sp³-hybridized carbons (Fsp3) is 0.875. The van der Waals surface area contributed by atoms with Crippen LogP contribution in [0.15, 0.2) is 0 Å². The standard InChI is InChI=1S/C8H12F3NO2/c1-7(6(13)14-2)4-12-3-5(7)8(9,10)11/h5,12H,3-4H2,1-2H3/t5-,7+/m0/s1. The lowest BCUT2D eigenvalue weighted by molar-refractivity contribution is -0.202. The smallest absolute Gasteiger partial charge is 0.394 e. The third kappa shape index (κ3) is 1.70. The molecule has 1 saturated heterocycles. The highest BCUT2D eigenvalue weighted by Crippen LogP contribution is 2.42. The van der Waals surface area contributed by atoms with E-state index in [9.17, 15) is 18.0 Å². The molecule has 3 nitrogen and oxygen atoms in total. The number of halogens is 3. The third-order valence-corrected chi connectivity index (χ3v) is 2.66. The molecule has 1 N–H and O–H groups in total. The fourth-order valence-electron chi connectivity index (χ4n) is 1.75. The van der Waals surface area contributed by atoms with Gasteiger partial charge in [-0.3, -0.25) is 4.79 Å². The minimum atomic E-state index is -4.37. The van der Waals surface area contributed by atoms with Gasteiger partial charge < -0.3 is 10.1 Å². The Labute approximate surface area is 79.6 Å². The summed E-state index contributed by atoms with van der Waals surface area (Å²) in [5.41, 5.74) is -1.49. The van der Waals surface area contributed by atoms with Crippen LogP contribution in [0, 0.1) is 11.3 Å². The number of hydrogen-bond donors (Lipinski definition) is 1. The minimum Gasteiger partial charge on any atom is -0.469 e. The van der Waals surface area contributed by atoms with Crippen LogP contribution in [0.1, 0.15) is 6.92 Å². The van der Waals surface area contributed by atoms with Crippen molar-refractivity contribution in [3.05, 3.63) is 0 Å². The van der Waals surface area contributed by atoms with Crippen molar-refractivity contribution >= 4 is 5.97 Å². The highest BCUT2D eigenvalue weighted by molar-refractivity contribution is 5.77. The summed E-state index contributed by atoms with van der Waals surface area (Å²) in [6, 6.07) is 0. The molecular formula is C8H12F3NO2. The van der Waals surface area contributed by atoms with Gasteiger partial charge >= 0.3 is 12.1 Å². The van der Waals surface area contributed by atoms with E-state index in [0.29, 0.717) is 0 Å². The van der Waals surface area contributed by atoms with E-state index < -0.39 is 23.5 Å². The number of ether oxygens (including phenoxy) is 1. The summed E-state index contributed by atoms with van der Waals surface area (Å²) in [7, 11) is 1.10. The number of esters is 1. The molecule has 0 unspecified atom stereocenters. The van der Waals surface area contributed by atoms with Crippen LogP contribution in [-0.4, -0.2) is 32.3 Å². The molecule has 2 atom stereocenters. The van der Waals surface area contributed by atoms with Gasteiger partial charge in [-0.2, -0.15) is 13.2 Å². The molecular weight excluding hydrogens is 199 g/mol. The number of methoxy groups -OCH3 is 1. The Morgan fingerprint density at radius 2 is 2.14 bits per heavy atom. The second kappa shape index (κ2) is 3.42. The molecule has 0 spiro atoms. The monoisotopic (exact) mass is 211 g/mol. The van der Waals surface area contributed by atoms with Crippen molar-refractivity contribution in [2.75, 3.05) is 20.2 Å². The summed E-state index contributed by atoms with van der Waals surface area (Å²) in [6.07, 6.45) is -4.37. The molecule has 0 aromatic heterocycles. The second-order valence-corrected chi connectivity index (χ2v) is 3.63. The summed E-state index contributed by atoms with van der Waals surface area (Å²) in [5.74, 6) is -2.48. The van der Waals surface area contributed by atoms with Gasteiger partial charge in [0.25, 0.3) is 0 Å². The summed E-state index contributed by atoms with van der Waals surface area (Å²) in [5, 5.41) is 2.56. The highest BCUT2D eigenvalue weighted by Gasteiger charge is 2.58. The molecule has 0 radical (unpaired) electrons. The summed E-state index contributed by atoms with van der Waals surface area (Å²) >= 11 is 0. The maximum atomic E-state index is 12.5. The van der Waals surface area contributed by atoms with E-state index in [1.807, 2.05) is 0 Å². The van der Waals surface area contributed by atoms with E-state index in [4.69, 9.17) is 0 Å². The number of hydrogen-bond acceptors (Lipinski definition) is 3. The molecule has 14 heavy (non-hydrogen) atoms. The number of carbonyl (C=O) groups is 1. The Bertz CT molecular complexity index is 241. The van der Waals surface area contributed by atoms with Gasteiger partial charge in [0.1, 0.15) is 0 Å². The maximum Gasteiger partial charge on any atom is 0.394 e. The SMILES string of the molecule is COC(=O)[C@]1(C)CNC[C@@H]1C(F)(F)F. The normalized spacial score (nSPS) is 33.1. The first-order valence-corrected chi connectivity index (χ1v) is 4.18. The molecule has 0 aromatic carbocycles. The van der Waals surface area contributed by atoms with Gasteiger partial charge in [-0.05, 0) is 6.92 Å². The van der Waals surface area contributed by atoms with Gasteiger partial charge in [0.2, 0.25) is 0 Å². The fourth-order valence-corrected chi connectivity index (χ4v) is 1.75. The Hall–Kier alpha value is -0.780. The quantitative estimate of drug-likeness (QED) is 0.656. The molecule has 0 saturated carbocycles. The van der Waals surface area contributed by atoms with Crippen LogP contribution in [0.2, 0.25) is 0 Å². The largest absolute Gasteiger partial charge is 0.469 e. The summed E-state index contributed by atoms with van der Waals surface area (Å²) in [4.78, 5) is 11.2. The number of alkyl halides is 3. The van der Waals surface area contributed by atoms with Crippen LogP contribution in [0.3, 0.4) is 0 Å². The van der Waals surface area contributed by atoms with Crippen LogP contribution >= 0.6 is 0 Å².